The molecule has 1 heterocycles. The van der Waals surface area contributed by atoms with Gasteiger partial charge in [0.1, 0.15) is 0 Å². The summed E-state index contributed by atoms with van der Waals surface area (Å²) in [4.78, 5) is 11.6. The maximum Gasteiger partial charge on any atom is 0.417 e. The van der Waals surface area contributed by atoms with Gasteiger partial charge in [-0.1, -0.05) is 96.8 Å². The molecule has 0 aliphatic rings. The number of unbranched alkanes of at least 4 members (excludes halogenated alkanes) is 14. The third-order valence-corrected chi connectivity index (χ3v) is 4.79. The summed E-state index contributed by atoms with van der Waals surface area (Å²) >= 11 is 0. The minimum Gasteiger partial charge on any atom is -0.449 e. The number of hydrogen-bond acceptors (Lipinski definition) is 2. The van der Waals surface area contributed by atoms with Crippen molar-refractivity contribution in [3.05, 3.63) is 24.5 Å². The predicted octanol–water partition coefficient (Wildman–Crippen LogP) is 7.34. The minimum absolute atomic E-state index is 0.268. The number of rotatable bonds is 16. The minimum atomic E-state index is -0.268. The first-order valence-corrected chi connectivity index (χ1v) is 10.6. The van der Waals surface area contributed by atoms with Gasteiger partial charge in [-0.25, -0.2) is 4.79 Å². The van der Waals surface area contributed by atoms with Crippen LogP contribution in [-0.4, -0.2) is 17.3 Å². The van der Waals surface area contributed by atoms with Gasteiger partial charge >= 0.3 is 6.09 Å². The Morgan fingerprint density at radius 3 is 1.52 bits per heavy atom. The van der Waals surface area contributed by atoms with Crippen molar-refractivity contribution in [2.24, 2.45) is 0 Å². The smallest absolute Gasteiger partial charge is 0.417 e. The van der Waals surface area contributed by atoms with E-state index in [-0.39, 0.29) is 6.09 Å². The Labute approximate surface area is 155 Å². The highest BCUT2D eigenvalue weighted by Gasteiger charge is 2.02. The van der Waals surface area contributed by atoms with Gasteiger partial charge in [0.15, 0.2) is 0 Å². The molecule has 1 aromatic heterocycles. The molecule has 0 N–H and O–H groups in total. The van der Waals surface area contributed by atoms with E-state index in [1.165, 1.54) is 88.0 Å². The van der Waals surface area contributed by atoms with Crippen LogP contribution in [0.4, 0.5) is 4.79 Å². The molecule has 0 aromatic carbocycles. The van der Waals surface area contributed by atoms with Gasteiger partial charge in [-0.15, -0.1) is 0 Å². The second kappa shape index (κ2) is 16.2. The molecule has 0 spiro atoms. The van der Waals surface area contributed by atoms with Gasteiger partial charge in [0.2, 0.25) is 0 Å². The fourth-order valence-electron chi connectivity index (χ4n) is 3.16. The van der Waals surface area contributed by atoms with Gasteiger partial charge in [0, 0.05) is 12.4 Å². The first kappa shape index (κ1) is 21.8. The Kier molecular flexibility index (Phi) is 14.1. The van der Waals surface area contributed by atoms with Crippen LogP contribution in [0.3, 0.4) is 0 Å². The monoisotopic (exact) mass is 349 g/mol. The van der Waals surface area contributed by atoms with Crippen molar-refractivity contribution in [1.29, 1.82) is 0 Å². The predicted molar refractivity (Wildman–Crippen MR) is 106 cm³/mol. The molecule has 0 unspecified atom stereocenters. The van der Waals surface area contributed by atoms with E-state index in [4.69, 9.17) is 4.74 Å². The van der Waals surface area contributed by atoms with Crippen molar-refractivity contribution in [3.8, 4) is 0 Å². The SMILES string of the molecule is CCCCCCCCCCCCCCCCCOC(=O)n1cccc1. The summed E-state index contributed by atoms with van der Waals surface area (Å²) in [6, 6.07) is 3.66. The summed E-state index contributed by atoms with van der Waals surface area (Å²) in [6.07, 6.45) is 23.4. The molecule has 0 aliphatic heterocycles. The van der Waals surface area contributed by atoms with Gasteiger partial charge in [-0.2, -0.15) is 0 Å². The van der Waals surface area contributed by atoms with Crippen LogP contribution < -0.4 is 0 Å². The Morgan fingerprint density at radius 1 is 0.680 bits per heavy atom. The molecular formula is C22H39NO2. The molecule has 0 saturated carbocycles. The lowest BCUT2D eigenvalue weighted by molar-refractivity contribution is 0.145. The first-order valence-electron chi connectivity index (χ1n) is 10.6. The van der Waals surface area contributed by atoms with E-state index < -0.39 is 0 Å². The molecule has 0 atom stereocenters. The summed E-state index contributed by atoms with van der Waals surface area (Å²) in [5.41, 5.74) is 0. The van der Waals surface area contributed by atoms with Crippen LogP contribution in [0.2, 0.25) is 0 Å². The van der Waals surface area contributed by atoms with Crippen LogP contribution >= 0.6 is 0 Å². The van der Waals surface area contributed by atoms with Gasteiger partial charge in [0.05, 0.1) is 6.61 Å². The molecular weight excluding hydrogens is 310 g/mol. The molecule has 25 heavy (non-hydrogen) atoms. The topological polar surface area (TPSA) is 31.2 Å². The highest BCUT2D eigenvalue weighted by Crippen LogP contribution is 2.13. The van der Waals surface area contributed by atoms with Crippen LogP contribution in [0.25, 0.3) is 0 Å². The van der Waals surface area contributed by atoms with Gasteiger partial charge in [0.25, 0.3) is 0 Å². The number of hydrogen-bond donors (Lipinski definition) is 0. The summed E-state index contributed by atoms with van der Waals surface area (Å²) in [5, 5.41) is 0. The second-order valence-electron chi connectivity index (χ2n) is 7.15. The lowest BCUT2D eigenvalue weighted by Crippen LogP contribution is -2.12. The number of carbonyl (C=O) groups is 1. The molecule has 0 fully saturated rings. The maximum absolute atomic E-state index is 11.6. The van der Waals surface area contributed by atoms with Gasteiger partial charge in [-0.3, -0.25) is 4.57 Å². The third-order valence-electron chi connectivity index (χ3n) is 4.79. The maximum atomic E-state index is 11.6. The zero-order valence-corrected chi connectivity index (χ0v) is 16.4. The van der Waals surface area contributed by atoms with E-state index in [0.717, 1.165) is 12.8 Å². The number of nitrogens with zero attached hydrogens (tertiary/aromatic N) is 1. The largest absolute Gasteiger partial charge is 0.449 e. The molecule has 0 aliphatic carbocycles. The van der Waals surface area contributed by atoms with Crippen molar-refractivity contribution in [2.45, 2.75) is 103 Å². The molecule has 0 amide bonds. The molecule has 0 radical (unpaired) electrons. The molecule has 1 rings (SSSR count). The summed E-state index contributed by atoms with van der Waals surface area (Å²) in [7, 11) is 0. The third kappa shape index (κ3) is 12.7. The first-order chi connectivity index (χ1) is 12.3. The quantitative estimate of drug-likeness (QED) is 0.292. The van der Waals surface area contributed by atoms with Crippen molar-refractivity contribution in [1.82, 2.24) is 4.57 Å². The molecule has 0 bridgehead atoms. The molecule has 144 valence electrons. The molecule has 0 saturated heterocycles. The Morgan fingerprint density at radius 2 is 1.08 bits per heavy atom. The van der Waals surface area contributed by atoms with Crippen LogP contribution in [-0.2, 0) is 4.74 Å². The van der Waals surface area contributed by atoms with E-state index in [1.54, 1.807) is 12.4 Å². The van der Waals surface area contributed by atoms with Crippen molar-refractivity contribution in [3.63, 3.8) is 0 Å². The van der Waals surface area contributed by atoms with E-state index in [0.29, 0.717) is 6.61 Å². The lowest BCUT2D eigenvalue weighted by Gasteiger charge is -2.05. The normalized spacial score (nSPS) is 10.9. The Bertz CT molecular complexity index is 400. The second-order valence-corrected chi connectivity index (χ2v) is 7.15. The molecule has 3 heteroatoms. The van der Waals surface area contributed by atoms with Crippen molar-refractivity contribution in [2.75, 3.05) is 6.61 Å². The number of ether oxygens (including phenoxy) is 1. The summed E-state index contributed by atoms with van der Waals surface area (Å²) in [6.45, 7) is 2.81. The van der Waals surface area contributed by atoms with E-state index in [9.17, 15) is 4.79 Å². The highest BCUT2D eigenvalue weighted by atomic mass is 16.5. The molecule has 1 aromatic rings. The number of aromatic nitrogens is 1. The van der Waals surface area contributed by atoms with E-state index in [1.807, 2.05) is 12.1 Å². The van der Waals surface area contributed by atoms with Crippen molar-refractivity contribution >= 4 is 6.09 Å². The van der Waals surface area contributed by atoms with Gasteiger partial charge < -0.3 is 4.74 Å². The average Bonchev–Trinajstić information content (AvgIpc) is 3.16. The fourth-order valence-corrected chi connectivity index (χ4v) is 3.16. The summed E-state index contributed by atoms with van der Waals surface area (Å²) < 4.78 is 6.70. The molecule has 3 nitrogen and oxygen atoms in total. The zero-order valence-electron chi connectivity index (χ0n) is 16.4. The highest BCUT2D eigenvalue weighted by molar-refractivity contribution is 5.70. The Balaban J connectivity index is 1.73. The zero-order chi connectivity index (χ0) is 18.0. The van der Waals surface area contributed by atoms with Gasteiger partial charge in [-0.05, 0) is 18.6 Å². The summed E-state index contributed by atoms with van der Waals surface area (Å²) in [5.74, 6) is 0. The fraction of sp³-hybridized carbons (Fsp3) is 0.773. The lowest BCUT2D eigenvalue weighted by atomic mass is 10.0. The number of carbonyl (C=O) groups excluding carboxylic acids is 1. The average molecular weight is 350 g/mol. The Hall–Kier alpha value is -1.25. The van der Waals surface area contributed by atoms with Crippen molar-refractivity contribution < 1.29 is 9.53 Å². The van der Waals surface area contributed by atoms with E-state index >= 15 is 0 Å². The van der Waals surface area contributed by atoms with Crippen LogP contribution in [0.15, 0.2) is 24.5 Å². The van der Waals surface area contributed by atoms with Crippen LogP contribution in [0.1, 0.15) is 103 Å². The van der Waals surface area contributed by atoms with E-state index in [2.05, 4.69) is 6.92 Å². The van der Waals surface area contributed by atoms with Crippen LogP contribution in [0.5, 0.6) is 0 Å². The van der Waals surface area contributed by atoms with Crippen LogP contribution in [0, 0.1) is 0 Å². The standard InChI is InChI=1S/C22H39NO2/c1-2-3-4-5-6-7-8-9-10-11-12-13-14-15-18-21-25-22(24)23-19-16-17-20-23/h16-17,19-20H,2-15,18,21H2,1H3.